The first kappa shape index (κ1) is 13.8. The molecule has 0 aromatic heterocycles. The molecule has 5 heteroatoms. The standard InChI is InChI=1S/C13H25N3O2/c1-14-6-8-16(9-7-14)11-10-15-4-2-12(3-5-15)13(17)18/h12H,2-11H2,1H3,(H,17,18). The first-order valence-electron chi connectivity index (χ1n) is 7.01. The minimum Gasteiger partial charge on any atom is -0.481 e. The van der Waals surface area contributed by atoms with Gasteiger partial charge in [-0.3, -0.25) is 9.69 Å². The van der Waals surface area contributed by atoms with E-state index in [0.717, 1.165) is 39.0 Å². The quantitative estimate of drug-likeness (QED) is 0.768. The van der Waals surface area contributed by atoms with Crippen LogP contribution in [0.25, 0.3) is 0 Å². The van der Waals surface area contributed by atoms with Crippen molar-refractivity contribution in [2.45, 2.75) is 12.8 Å². The highest BCUT2D eigenvalue weighted by atomic mass is 16.4. The van der Waals surface area contributed by atoms with Crippen molar-refractivity contribution >= 4 is 5.97 Å². The van der Waals surface area contributed by atoms with Crippen LogP contribution >= 0.6 is 0 Å². The topological polar surface area (TPSA) is 47.0 Å². The summed E-state index contributed by atoms with van der Waals surface area (Å²) in [6, 6.07) is 0. The maximum absolute atomic E-state index is 10.9. The molecule has 0 spiro atoms. The highest BCUT2D eigenvalue weighted by Crippen LogP contribution is 2.17. The molecular weight excluding hydrogens is 230 g/mol. The molecule has 2 heterocycles. The third kappa shape index (κ3) is 3.93. The molecular formula is C13H25N3O2. The Hall–Kier alpha value is -0.650. The van der Waals surface area contributed by atoms with Crippen LogP contribution in [0.1, 0.15) is 12.8 Å². The molecule has 0 atom stereocenters. The third-order valence-electron chi connectivity index (χ3n) is 4.27. The van der Waals surface area contributed by atoms with Gasteiger partial charge in [-0.1, -0.05) is 0 Å². The molecule has 2 aliphatic rings. The second-order valence-corrected chi connectivity index (χ2v) is 5.60. The van der Waals surface area contributed by atoms with Crippen molar-refractivity contribution < 1.29 is 9.90 Å². The van der Waals surface area contributed by atoms with Crippen molar-refractivity contribution in [3.05, 3.63) is 0 Å². The zero-order valence-corrected chi connectivity index (χ0v) is 11.3. The van der Waals surface area contributed by atoms with Gasteiger partial charge in [-0.05, 0) is 33.0 Å². The smallest absolute Gasteiger partial charge is 0.306 e. The fourth-order valence-electron chi connectivity index (χ4n) is 2.76. The SMILES string of the molecule is CN1CCN(CCN2CCC(C(=O)O)CC2)CC1. The summed E-state index contributed by atoms with van der Waals surface area (Å²) < 4.78 is 0. The predicted octanol–water partition coefficient (Wildman–Crippen LogP) is 0.0304. The highest BCUT2D eigenvalue weighted by Gasteiger charge is 2.24. The number of rotatable bonds is 4. The maximum atomic E-state index is 10.9. The second-order valence-electron chi connectivity index (χ2n) is 5.60. The Morgan fingerprint density at radius 1 is 1.00 bits per heavy atom. The van der Waals surface area contributed by atoms with Crippen molar-refractivity contribution in [1.82, 2.24) is 14.7 Å². The lowest BCUT2D eigenvalue weighted by molar-refractivity contribution is -0.143. The number of likely N-dealkylation sites (tertiary alicyclic amines) is 1. The predicted molar refractivity (Wildman–Crippen MR) is 70.7 cm³/mol. The minimum atomic E-state index is -0.617. The highest BCUT2D eigenvalue weighted by molar-refractivity contribution is 5.70. The van der Waals surface area contributed by atoms with Crippen LogP contribution in [0.5, 0.6) is 0 Å². The number of carboxylic acid groups (broad SMARTS) is 1. The van der Waals surface area contributed by atoms with Gasteiger partial charge < -0.3 is 14.9 Å². The van der Waals surface area contributed by atoms with Gasteiger partial charge in [0.05, 0.1) is 5.92 Å². The fourth-order valence-corrected chi connectivity index (χ4v) is 2.76. The fraction of sp³-hybridized carbons (Fsp3) is 0.923. The first-order valence-corrected chi connectivity index (χ1v) is 7.01. The van der Waals surface area contributed by atoms with E-state index >= 15 is 0 Å². The summed E-state index contributed by atoms with van der Waals surface area (Å²) in [5.41, 5.74) is 0. The zero-order chi connectivity index (χ0) is 13.0. The summed E-state index contributed by atoms with van der Waals surface area (Å²) in [7, 11) is 2.17. The molecule has 2 aliphatic heterocycles. The van der Waals surface area contributed by atoms with Gasteiger partial charge in [-0.25, -0.2) is 0 Å². The molecule has 0 radical (unpaired) electrons. The molecule has 1 N–H and O–H groups in total. The Morgan fingerprint density at radius 3 is 2.00 bits per heavy atom. The number of nitrogens with zero attached hydrogens (tertiary/aromatic N) is 3. The molecule has 0 amide bonds. The number of hydrogen-bond donors (Lipinski definition) is 1. The van der Waals surface area contributed by atoms with E-state index < -0.39 is 5.97 Å². The Balaban J connectivity index is 1.62. The molecule has 104 valence electrons. The summed E-state index contributed by atoms with van der Waals surface area (Å²) in [4.78, 5) is 18.2. The molecule has 0 unspecified atom stereocenters. The number of piperazine rings is 1. The summed E-state index contributed by atoms with van der Waals surface area (Å²) in [6.07, 6.45) is 1.64. The third-order valence-corrected chi connectivity index (χ3v) is 4.27. The Bertz CT molecular complexity index is 269. The van der Waals surface area contributed by atoms with Crippen LogP contribution in [0, 0.1) is 5.92 Å². The molecule has 2 fully saturated rings. The van der Waals surface area contributed by atoms with Gasteiger partial charge in [-0.2, -0.15) is 0 Å². The summed E-state index contributed by atoms with van der Waals surface area (Å²) in [5.74, 6) is -0.724. The molecule has 0 aliphatic carbocycles. The first-order chi connectivity index (χ1) is 8.65. The average Bonchev–Trinajstić information content (AvgIpc) is 2.38. The Labute approximate surface area is 109 Å². The average molecular weight is 255 g/mol. The lowest BCUT2D eigenvalue weighted by Crippen LogP contribution is -2.48. The van der Waals surface area contributed by atoms with Gasteiger partial charge in [0.1, 0.15) is 0 Å². The Kier molecular flexibility index (Phi) is 4.97. The van der Waals surface area contributed by atoms with Gasteiger partial charge in [0.15, 0.2) is 0 Å². The molecule has 2 rings (SSSR count). The minimum absolute atomic E-state index is 0.107. The van der Waals surface area contributed by atoms with E-state index in [4.69, 9.17) is 5.11 Å². The molecule has 0 bridgehead atoms. The lowest BCUT2D eigenvalue weighted by atomic mass is 9.97. The van der Waals surface area contributed by atoms with Crippen molar-refractivity contribution in [2.75, 3.05) is 59.4 Å². The molecule has 0 saturated carbocycles. The van der Waals surface area contributed by atoms with E-state index in [1.807, 2.05) is 0 Å². The lowest BCUT2D eigenvalue weighted by Gasteiger charge is -2.35. The second kappa shape index (κ2) is 6.50. The van der Waals surface area contributed by atoms with Crippen molar-refractivity contribution in [2.24, 2.45) is 5.92 Å². The van der Waals surface area contributed by atoms with Crippen LogP contribution < -0.4 is 0 Å². The molecule has 18 heavy (non-hydrogen) atoms. The van der Waals surface area contributed by atoms with Gasteiger partial charge in [-0.15, -0.1) is 0 Å². The number of hydrogen-bond acceptors (Lipinski definition) is 4. The largest absolute Gasteiger partial charge is 0.481 e. The van der Waals surface area contributed by atoms with E-state index in [0.29, 0.717) is 0 Å². The van der Waals surface area contributed by atoms with Gasteiger partial charge >= 0.3 is 5.97 Å². The number of carboxylic acids is 1. The van der Waals surface area contributed by atoms with Crippen LogP contribution in [0.15, 0.2) is 0 Å². The van der Waals surface area contributed by atoms with E-state index in [2.05, 4.69) is 21.7 Å². The van der Waals surface area contributed by atoms with Crippen molar-refractivity contribution in [1.29, 1.82) is 0 Å². The van der Waals surface area contributed by atoms with E-state index in [-0.39, 0.29) is 5.92 Å². The number of carbonyl (C=O) groups is 1. The Morgan fingerprint density at radius 2 is 1.50 bits per heavy atom. The van der Waals surface area contributed by atoms with Crippen LogP contribution in [0.4, 0.5) is 0 Å². The van der Waals surface area contributed by atoms with E-state index in [1.165, 1.54) is 26.2 Å². The van der Waals surface area contributed by atoms with E-state index in [9.17, 15) is 4.79 Å². The van der Waals surface area contributed by atoms with Crippen LogP contribution in [-0.4, -0.2) is 85.2 Å². The summed E-state index contributed by atoms with van der Waals surface area (Å²) in [6.45, 7) is 8.80. The zero-order valence-electron chi connectivity index (χ0n) is 11.3. The maximum Gasteiger partial charge on any atom is 0.306 e. The van der Waals surface area contributed by atoms with Crippen molar-refractivity contribution in [3.8, 4) is 0 Å². The van der Waals surface area contributed by atoms with Crippen LogP contribution in [-0.2, 0) is 4.79 Å². The summed E-state index contributed by atoms with van der Waals surface area (Å²) >= 11 is 0. The van der Waals surface area contributed by atoms with Crippen LogP contribution in [0.3, 0.4) is 0 Å². The summed E-state index contributed by atoms with van der Waals surface area (Å²) in [5, 5.41) is 8.95. The van der Waals surface area contributed by atoms with Crippen LogP contribution in [0.2, 0.25) is 0 Å². The van der Waals surface area contributed by atoms with Gasteiger partial charge in [0.2, 0.25) is 0 Å². The van der Waals surface area contributed by atoms with Gasteiger partial charge in [0, 0.05) is 39.3 Å². The van der Waals surface area contributed by atoms with E-state index in [1.54, 1.807) is 0 Å². The molecule has 0 aromatic carbocycles. The molecule has 2 saturated heterocycles. The van der Waals surface area contributed by atoms with Crippen molar-refractivity contribution in [3.63, 3.8) is 0 Å². The number of aliphatic carboxylic acids is 1. The number of piperidine rings is 1. The number of likely N-dealkylation sites (N-methyl/N-ethyl adjacent to an activating group) is 1. The molecule has 0 aromatic rings. The normalized spacial score (nSPS) is 25.4. The monoisotopic (exact) mass is 255 g/mol. The molecule has 5 nitrogen and oxygen atoms in total. The van der Waals surface area contributed by atoms with Gasteiger partial charge in [0.25, 0.3) is 0 Å².